The summed E-state index contributed by atoms with van der Waals surface area (Å²) in [6.45, 7) is 1.75. The van der Waals surface area contributed by atoms with Crippen molar-refractivity contribution in [1.82, 2.24) is 4.98 Å². The minimum absolute atomic E-state index is 0.184. The molecule has 0 aromatic carbocycles. The van der Waals surface area contributed by atoms with Crippen molar-refractivity contribution in [3.8, 4) is 0 Å². The molecule has 0 N–H and O–H groups in total. The highest BCUT2D eigenvalue weighted by Crippen LogP contribution is 2.11. The van der Waals surface area contributed by atoms with Crippen molar-refractivity contribution in [3.63, 3.8) is 0 Å². The summed E-state index contributed by atoms with van der Waals surface area (Å²) in [5.41, 5.74) is 0.483. The van der Waals surface area contributed by atoms with Crippen molar-refractivity contribution in [2.45, 2.75) is 13.3 Å². The topological polar surface area (TPSA) is 60.2 Å². The lowest BCUT2D eigenvalue weighted by Crippen LogP contribution is -2.07. The van der Waals surface area contributed by atoms with Crippen LogP contribution in [0, 0.1) is 6.92 Å². The molecule has 2 aromatic rings. The Morgan fingerprint density at radius 1 is 1.12 bits per heavy atom. The van der Waals surface area contributed by atoms with Crippen LogP contribution < -0.4 is 0 Å². The number of carbonyl (C=O) groups excluding carboxylic acids is 2. The molecule has 0 fully saturated rings. The van der Waals surface area contributed by atoms with Crippen LogP contribution in [0.2, 0.25) is 0 Å². The number of pyridine rings is 1. The number of rotatable bonds is 4. The Balaban J connectivity index is 2.07. The van der Waals surface area contributed by atoms with Gasteiger partial charge in [-0.1, -0.05) is 0 Å². The summed E-state index contributed by atoms with van der Waals surface area (Å²) < 4.78 is 5.17. The zero-order chi connectivity index (χ0) is 12.3. The van der Waals surface area contributed by atoms with E-state index in [0.29, 0.717) is 11.3 Å². The Morgan fingerprint density at radius 2 is 1.82 bits per heavy atom. The van der Waals surface area contributed by atoms with E-state index in [1.165, 1.54) is 12.4 Å². The van der Waals surface area contributed by atoms with Gasteiger partial charge in [-0.05, 0) is 31.2 Å². The van der Waals surface area contributed by atoms with E-state index in [1.54, 1.807) is 31.2 Å². The number of aromatic nitrogens is 1. The molecule has 2 aromatic heterocycles. The smallest absolute Gasteiger partial charge is 0.205 e. The second-order valence-electron chi connectivity index (χ2n) is 3.67. The standard InChI is InChI=1S/C13H11NO3/c1-9-2-3-13(17-9)12(16)8-11(15)10-4-6-14-7-5-10/h2-7H,8H2,1H3. The zero-order valence-corrected chi connectivity index (χ0v) is 9.34. The van der Waals surface area contributed by atoms with Gasteiger partial charge in [-0.2, -0.15) is 0 Å². The first kappa shape index (κ1) is 11.3. The molecule has 0 spiro atoms. The molecule has 0 atom stereocenters. The highest BCUT2D eigenvalue weighted by molar-refractivity contribution is 6.12. The number of aryl methyl sites for hydroxylation is 1. The Bertz CT molecular complexity index is 543. The van der Waals surface area contributed by atoms with Crippen LogP contribution in [0.3, 0.4) is 0 Å². The summed E-state index contributed by atoms with van der Waals surface area (Å²) in [4.78, 5) is 27.3. The molecule has 2 heterocycles. The van der Waals surface area contributed by atoms with E-state index >= 15 is 0 Å². The number of hydrogen-bond acceptors (Lipinski definition) is 4. The van der Waals surface area contributed by atoms with Gasteiger partial charge in [-0.3, -0.25) is 14.6 Å². The average Bonchev–Trinajstić information content (AvgIpc) is 2.77. The normalized spacial score (nSPS) is 10.2. The van der Waals surface area contributed by atoms with Crippen LogP contribution in [0.5, 0.6) is 0 Å². The SMILES string of the molecule is Cc1ccc(C(=O)CC(=O)c2ccncc2)o1. The summed E-state index contributed by atoms with van der Waals surface area (Å²) in [5.74, 6) is 0.348. The first-order valence-corrected chi connectivity index (χ1v) is 5.19. The molecule has 0 unspecified atom stereocenters. The highest BCUT2D eigenvalue weighted by atomic mass is 16.3. The minimum atomic E-state index is -0.306. The molecule has 0 aliphatic rings. The lowest BCUT2D eigenvalue weighted by molar-refractivity contribution is 0.0877. The molecule has 4 nitrogen and oxygen atoms in total. The third-order valence-corrected chi connectivity index (χ3v) is 2.34. The van der Waals surface area contributed by atoms with Crippen LogP contribution in [-0.2, 0) is 0 Å². The van der Waals surface area contributed by atoms with Crippen LogP contribution in [0.25, 0.3) is 0 Å². The van der Waals surface area contributed by atoms with Crippen LogP contribution in [0.15, 0.2) is 41.1 Å². The Kier molecular flexibility index (Phi) is 3.14. The van der Waals surface area contributed by atoms with E-state index in [0.717, 1.165) is 0 Å². The van der Waals surface area contributed by atoms with Crippen molar-refractivity contribution >= 4 is 11.6 Å². The summed E-state index contributed by atoms with van der Waals surface area (Å²) in [5, 5.41) is 0. The number of furan rings is 1. The van der Waals surface area contributed by atoms with E-state index in [9.17, 15) is 9.59 Å². The molecular formula is C13H11NO3. The lowest BCUT2D eigenvalue weighted by Gasteiger charge is -1.98. The van der Waals surface area contributed by atoms with Gasteiger partial charge in [0, 0.05) is 18.0 Å². The molecule has 4 heteroatoms. The molecule has 0 bridgehead atoms. The molecule has 17 heavy (non-hydrogen) atoms. The molecule has 0 saturated carbocycles. The number of ketones is 2. The number of hydrogen-bond donors (Lipinski definition) is 0. The molecular weight excluding hydrogens is 218 g/mol. The third kappa shape index (κ3) is 2.66. The van der Waals surface area contributed by atoms with Gasteiger partial charge in [0.2, 0.25) is 5.78 Å². The van der Waals surface area contributed by atoms with Crippen molar-refractivity contribution in [1.29, 1.82) is 0 Å². The number of carbonyl (C=O) groups is 2. The molecule has 0 aliphatic heterocycles. The van der Waals surface area contributed by atoms with Gasteiger partial charge >= 0.3 is 0 Å². The second-order valence-corrected chi connectivity index (χ2v) is 3.67. The maximum Gasteiger partial charge on any atom is 0.205 e. The first-order valence-electron chi connectivity index (χ1n) is 5.19. The molecule has 0 saturated heterocycles. The fraction of sp³-hybridized carbons (Fsp3) is 0.154. The molecule has 86 valence electrons. The predicted octanol–water partition coefficient (Wildman–Crippen LogP) is 2.44. The highest BCUT2D eigenvalue weighted by Gasteiger charge is 2.16. The Hall–Kier alpha value is -2.23. The van der Waals surface area contributed by atoms with Gasteiger partial charge < -0.3 is 4.42 Å². The summed E-state index contributed by atoms with van der Waals surface area (Å²) in [7, 11) is 0. The summed E-state index contributed by atoms with van der Waals surface area (Å²) in [6.07, 6.45) is 2.86. The van der Waals surface area contributed by atoms with Gasteiger partial charge in [-0.15, -0.1) is 0 Å². The van der Waals surface area contributed by atoms with Crippen molar-refractivity contribution in [2.75, 3.05) is 0 Å². The van der Waals surface area contributed by atoms with Gasteiger partial charge in [-0.25, -0.2) is 0 Å². The fourth-order valence-electron chi connectivity index (χ4n) is 1.46. The zero-order valence-electron chi connectivity index (χ0n) is 9.34. The van der Waals surface area contributed by atoms with Gasteiger partial charge in [0.1, 0.15) is 5.76 Å². The first-order chi connectivity index (χ1) is 8.16. The maximum atomic E-state index is 11.7. The second kappa shape index (κ2) is 4.74. The third-order valence-electron chi connectivity index (χ3n) is 2.34. The van der Waals surface area contributed by atoms with E-state index < -0.39 is 0 Å². The van der Waals surface area contributed by atoms with Crippen molar-refractivity contribution in [3.05, 3.63) is 53.7 Å². The van der Waals surface area contributed by atoms with Crippen LogP contribution in [-0.4, -0.2) is 16.6 Å². The van der Waals surface area contributed by atoms with Gasteiger partial charge in [0.25, 0.3) is 0 Å². The largest absolute Gasteiger partial charge is 0.458 e. The van der Waals surface area contributed by atoms with Crippen LogP contribution in [0.1, 0.15) is 33.1 Å². The van der Waals surface area contributed by atoms with Crippen molar-refractivity contribution in [2.24, 2.45) is 0 Å². The maximum absolute atomic E-state index is 11.7. The summed E-state index contributed by atoms with van der Waals surface area (Å²) in [6, 6.07) is 6.45. The monoisotopic (exact) mass is 229 g/mol. The molecule has 0 amide bonds. The van der Waals surface area contributed by atoms with Crippen LogP contribution in [0.4, 0.5) is 0 Å². The number of nitrogens with zero attached hydrogens (tertiary/aromatic N) is 1. The molecule has 2 rings (SSSR count). The van der Waals surface area contributed by atoms with Crippen LogP contribution >= 0.6 is 0 Å². The summed E-state index contributed by atoms with van der Waals surface area (Å²) >= 11 is 0. The quantitative estimate of drug-likeness (QED) is 0.596. The van der Waals surface area contributed by atoms with Crippen molar-refractivity contribution < 1.29 is 14.0 Å². The predicted molar refractivity (Wildman–Crippen MR) is 61.0 cm³/mol. The average molecular weight is 229 g/mol. The number of Topliss-reactive ketones (excluding diaryl/α,β-unsaturated/α-hetero) is 2. The Labute approximate surface area is 98.3 Å². The van der Waals surface area contributed by atoms with Gasteiger partial charge in [0.15, 0.2) is 11.5 Å². The van der Waals surface area contributed by atoms with Gasteiger partial charge in [0.05, 0.1) is 6.42 Å². The van der Waals surface area contributed by atoms with E-state index in [2.05, 4.69) is 4.98 Å². The lowest BCUT2D eigenvalue weighted by atomic mass is 10.1. The van der Waals surface area contributed by atoms with E-state index in [1.807, 2.05) is 0 Å². The molecule has 0 aliphatic carbocycles. The van der Waals surface area contributed by atoms with E-state index in [-0.39, 0.29) is 23.7 Å². The van der Waals surface area contributed by atoms with E-state index in [4.69, 9.17) is 4.42 Å². The Morgan fingerprint density at radius 3 is 2.41 bits per heavy atom. The molecule has 0 radical (unpaired) electrons. The fourth-order valence-corrected chi connectivity index (χ4v) is 1.46. The minimum Gasteiger partial charge on any atom is -0.458 e.